The molecule has 0 aromatic heterocycles. The van der Waals surface area contributed by atoms with Crippen molar-refractivity contribution in [2.45, 2.75) is 50.0 Å². The lowest BCUT2D eigenvalue weighted by Gasteiger charge is -2.33. The topological polar surface area (TPSA) is 86.7 Å². The summed E-state index contributed by atoms with van der Waals surface area (Å²) in [7, 11) is -3.74. The molecule has 7 heteroatoms. The van der Waals surface area contributed by atoms with Gasteiger partial charge in [-0.15, -0.1) is 0 Å². The molecule has 2 rings (SSSR count). The highest BCUT2D eigenvalue weighted by Crippen LogP contribution is 2.25. The van der Waals surface area contributed by atoms with Crippen LogP contribution in [0.25, 0.3) is 0 Å². The Kier molecular flexibility index (Phi) is 5.55. The quantitative estimate of drug-likeness (QED) is 0.637. The van der Waals surface area contributed by atoms with E-state index in [1.54, 1.807) is 29.7 Å². The van der Waals surface area contributed by atoms with Crippen LogP contribution in [0.3, 0.4) is 0 Å². The third-order valence-corrected chi connectivity index (χ3v) is 5.86. The predicted octanol–water partition coefficient (Wildman–Crippen LogP) is 1.69. The van der Waals surface area contributed by atoms with Gasteiger partial charge >= 0.3 is 0 Å². The highest BCUT2D eigenvalue weighted by atomic mass is 32.2. The number of nitrogens with one attached hydrogen (secondary N) is 1. The van der Waals surface area contributed by atoms with Crippen molar-refractivity contribution in [2.24, 2.45) is 0 Å². The van der Waals surface area contributed by atoms with Crippen LogP contribution >= 0.6 is 0 Å². The fourth-order valence-electron chi connectivity index (χ4n) is 2.78. The first kappa shape index (κ1) is 16.9. The number of rotatable bonds is 5. The van der Waals surface area contributed by atoms with Crippen molar-refractivity contribution in [1.82, 2.24) is 9.79 Å². The third-order valence-electron chi connectivity index (χ3n) is 3.94. The number of hydroxylamine groups is 1. The molecular formula is C15H22N2O4S. The highest BCUT2D eigenvalue weighted by Gasteiger charge is 2.37. The van der Waals surface area contributed by atoms with Gasteiger partial charge in [-0.1, -0.05) is 31.9 Å². The van der Waals surface area contributed by atoms with E-state index in [0.29, 0.717) is 12.8 Å². The van der Waals surface area contributed by atoms with E-state index in [1.165, 1.54) is 4.31 Å². The number of piperidine rings is 1. The maximum absolute atomic E-state index is 12.8. The number of hydrogen-bond donors (Lipinski definition) is 2. The van der Waals surface area contributed by atoms with Crippen molar-refractivity contribution in [3.63, 3.8) is 0 Å². The van der Waals surface area contributed by atoms with Crippen LogP contribution < -0.4 is 5.48 Å². The molecule has 2 N–H and O–H groups in total. The molecule has 0 saturated carbocycles. The first-order chi connectivity index (χ1) is 10.5. The highest BCUT2D eigenvalue weighted by molar-refractivity contribution is 7.89. The first-order valence-corrected chi connectivity index (χ1v) is 8.99. The number of carbonyl (C=O) groups excluding carboxylic acids is 1. The van der Waals surface area contributed by atoms with Crippen molar-refractivity contribution in [3.8, 4) is 0 Å². The van der Waals surface area contributed by atoms with E-state index in [1.807, 2.05) is 0 Å². The van der Waals surface area contributed by atoms with E-state index < -0.39 is 22.0 Å². The van der Waals surface area contributed by atoms with Crippen molar-refractivity contribution in [2.75, 3.05) is 6.54 Å². The number of carbonyl (C=O) groups is 1. The molecule has 122 valence electrons. The van der Waals surface area contributed by atoms with Gasteiger partial charge in [0.05, 0.1) is 4.90 Å². The zero-order valence-corrected chi connectivity index (χ0v) is 13.5. The third kappa shape index (κ3) is 3.48. The molecule has 1 aliphatic heterocycles. The maximum Gasteiger partial charge on any atom is 0.261 e. The minimum atomic E-state index is -3.74. The molecule has 1 unspecified atom stereocenters. The van der Waals surface area contributed by atoms with Crippen LogP contribution in [0.4, 0.5) is 0 Å². The average molecular weight is 326 g/mol. The maximum atomic E-state index is 12.8. The van der Waals surface area contributed by atoms with Crippen LogP contribution in [-0.4, -0.2) is 36.4 Å². The summed E-state index contributed by atoms with van der Waals surface area (Å²) >= 11 is 0. The van der Waals surface area contributed by atoms with Crippen LogP contribution in [0, 0.1) is 0 Å². The summed E-state index contributed by atoms with van der Waals surface area (Å²) in [6, 6.07) is 5.94. The molecule has 6 nitrogen and oxygen atoms in total. The number of benzene rings is 1. The van der Waals surface area contributed by atoms with Gasteiger partial charge in [-0.2, -0.15) is 4.31 Å². The molecule has 0 radical (unpaired) electrons. The number of hydrogen-bond acceptors (Lipinski definition) is 4. The normalized spacial score (nSPS) is 19.8. The summed E-state index contributed by atoms with van der Waals surface area (Å²) in [5, 5.41) is 8.82. The lowest BCUT2D eigenvalue weighted by Crippen LogP contribution is -2.51. The number of aryl methyl sites for hydroxylation is 1. The van der Waals surface area contributed by atoms with Crippen molar-refractivity contribution in [3.05, 3.63) is 29.8 Å². The summed E-state index contributed by atoms with van der Waals surface area (Å²) in [6.45, 7) is 2.35. The summed E-state index contributed by atoms with van der Waals surface area (Å²) in [5.41, 5.74) is 2.66. The molecule has 22 heavy (non-hydrogen) atoms. The zero-order chi connectivity index (χ0) is 16.2. The largest absolute Gasteiger partial charge is 0.289 e. The van der Waals surface area contributed by atoms with E-state index in [2.05, 4.69) is 6.92 Å². The van der Waals surface area contributed by atoms with Gasteiger partial charge in [0.2, 0.25) is 10.0 Å². The molecule has 1 aliphatic rings. The van der Waals surface area contributed by atoms with Gasteiger partial charge in [0.1, 0.15) is 6.04 Å². The predicted molar refractivity (Wildman–Crippen MR) is 81.9 cm³/mol. The standard InChI is InChI=1S/C15H22N2O4S/c1-2-5-12-7-9-13(10-8-12)22(20,21)17-11-4-3-6-14(17)15(18)16-19/h7-10,14,19H,2-6,11H2,1H3,(H,16,18). The second kappa shape index (κ2) is 7.21. The molecule has 0 spiro atoms. The summed E-state index contributed by atoms with van der Waals surface area (Å²) in [5.74, 6) is -0.675. The Labute approximate surface area is 131 Å². The summed E-state index contributed by atoms with van der Waals surface area (Å²) in [4.78, 5) is 11.9. The van der Waals surface area contributed by atoms with E-state index in [9.17, 15) is 13.2 Å². The minimum absolute atomic E-state index is 0.185. The van der Waals surface area contributed by atoms with Crippen LogP contribution in [0.1, 0.15) is 38.2 Å². The van der Waals surface area contributed by atoms with Gasteiger partial charge in [-0.05, 0) is 37.0 Å². The SMILES string of the molecule is CCCc1ccc(S(=O)(=O)N2CCCCC2C(=O)NO)cc1. The number of sulfonamides is 1. The second-order valence-electron chi connectivity index (χ2n) is 5.50. The Bertz CT molecular complexity index is 613. The van der Waals surface area contributed by atoms with E-state index in [0.717, 1.165) is 24.8 Å². The lowest BCUT2D eigenvalue weighted by molar-refractivity contribution is -0.134. The zero-order valence-electron chi connectivity index (χ0n) is 12.7. The molecule has 0 bridgehead atoms. The summed E-state index contributed by atoms with van der Waals surface area (Å²) in [6.07, 6.45) is 3.79. The molecule has 1 aromatic carbocycles. The smallest absolute Gasteiger partial charge is 0.261 e. The van der Waals surface area contributed by atoms with E-state index >= 15 is 0 Å². The van der Waals surface area contributed by atoms with Gasteiger partial charge < -0.3 is 0 Å². The Morgan fingerprint density at radius 3 is 2.59 bits per heavy atom. The Morgan fingerprint density at radius 1 is 1.32 bits per heavy atom. The first-order valence-electron chi connectivity index (χ1n) is 7.55. The fourth-order valence-corrected chi connectivity index (χ4v) is 4.44. The van der Waals surface area contributed by atoms with Crippen molar-refractivity contribution < 1.29 is 18.4 Å². The summed E-state index contributed by atoms with van der Waals surface area (Å²) < 4.78 is 26.7. The molecular weight excluding hydrogens is 304 g/mol. The van der Waals surface area contributed by atoms with Crippen molar-refractivity contribution in [1.29, 1.82) is 0 Å². The number of amides is 1. The molecule has 1 amide bonds. The van der Waals surface area contributed by atoms with Gasteiger partial charge in [0, 0.05) is 6.54 Å². The van der Waals surface area contributed by atoms with Gasteiger partial charge in [0.15, 0.2) is 0 Å². The van der Waals surface area contributed by atoms with E-state index in [4.69, 9.17) is 5.21 Å². The van der Waals surface area contributed by atoms with E-state index in [-0.39, 0.29) is 11.4 Å². The van der Waals surface area contributed by atoms with Crippen molar-refractivity contribution >= 4 is 15.9 Å². The Balaban J connectivity index is 2.28. The molecule has 1 heterocycles. The van der Waals surface area contributed by atoms with Crippen LogP contribution in [0.2, 0.25) is 0 Å². The molecule has 0 aliphatic carbocycles. The Hall–Kier alpha value is -1.44. The molecule has 1 aromatic rings. The monoisotopic (exact) mass is 326 g/mol. The van der Waals surface area contributed by atoms with Crippen LogP contribution in [-0.2, 0) is 21.2 Å². The van der Waals surface area contributed by atoms with Crippen LogP contribution in [0.5, 0.6) is 0 Å². The van der Waals surface area contributed by atoms with Gasteiger partial charge in [-0.25, -0.2) is 13.9 Å². The van der Waals surface area contributed by atoms with Crippen LogP contribution in [0.15, 0.2) is 29.2 Å². The van der Waals surface area contributed by atoms with Gasteiger partial charge in [-0.3, -0.25) is 10.0 Å². The molecule has 1 saturated heterocycles. The average Bonchev–Trinajstić information content (AvgIpc) is 2.55. The number of nitrogens with zero attached hydrogens (tertiary/aromatic N) is 1. The Morgan fingerprint density at radius 2 is 2.00 bits per heavy atom. The molecule has 1 fully saturated rings. The molecule has 1 atom stereocenters. The minimum Gasteiger partial charge on any atom is -0.289 e. The lowest BCUT2D eigenvalue weighted by atomic mass is 10.0. The second-order valence-corrected chi connectivity index (χ2v) is 7.39. The fraction of sp³-hybridized carbons (Fsp3) is 0.533. The van der Waals surface area contributed by atoms with Gasteiger partial charge in [0.25, 0.3) is 5.91 Å².